The first kappa shape index (κ1) is 16.6. The topological polar surface area (TPSA) is 21.3 Å². The van der Waals surface area contributed by atoms with Gasteiger partial charge < -0.3 is 10.1 Å². The fourth-order valence-electron chi connectivity index (χ4n) is 2.48. The molecule has 21 heavy (non-hydrogen) atoms. The molecule has 2 nitrogen and oxygen atoms in total. The molecule has 0 aromatic heterocycles. The van der Waals surface area contributed by atoms with E-state index >= 15 is 0 Å². The van der Waals surface area contributed by atoms with E-state index in [0.29, 0.717) is 12.6 Å². The van der Waals surface area contributed by atoms with Crippen molar-refractivity contribution in [2.24, 2.45) is 0 Å². The number of nitrogens with one attached hydrogen (secondary N) is 1. The van der Waals surface area contributed by atoms with Crippen molar-refractivity contribution in [2.45, 2.75) is 55.3 Å². The third-order valence-electron chi connectivity index (χ3n) is 3.45. The van der Waals surface area contributed by atoms with Crippen molar-refractivity contribution in [2.75, 3.05) is 6.61 Å². The van der Waals surface area contributed by atoms with E-state index in [1.165, 1.54) is 12.1 Å². The molecule has 2 rings (SSSR count). The first-order valence-electron chi connectivity index (χ1n) is 6.96. The van der Waals surface area contributed by atoms with Crippen LogP contribution in [0.5, 0.6) is 0 Å². The molecule has 0 bridgehead atoms. The molecule has 0 spiro atoms. The zero-order valence-corrected chi connectivity index (χ0v) is 13.0. The van der Waals surface area contributed by atoms with Crippen molar-refractivity contribution in [3.8, 4) is 0 Å². The molecule has 1 aromatic rings. The second kappa shape index (κ2) is 6.58. The Balaban J connectivity index is 1.83. The van der Waals surface area contributed by atoms with E-state index in [4.69, 9.17) is 4.74 Å². The molecule has 1 fully saturated rings. The largest absolute Gasteiger partial charge is 0.446 e. The lowest BCUT2D eigenvalue weighted by Crippen LogP contribution is -2.43. The van der Waals surface area contributed by atoms with Gasteiger partial charge in [0.25, 0.3) is 0 Å². The normalized spacial score (nSPS) is 22.2. The summed E-state index contributed by atoms with van der Waals surface area (Å²) in [5, 5.41) is 3.45. The van der Waals surface area contributed by atoms with Crippen LogP contribution in [0.25, 0.3) is 0 Å². The van der Waals surface area contributed by atoms with E-state index in [1.807, 2.05) is 0 Å². The van der Waals surface area contributed by atoms with Gasteiger partial charge in [0, 0.05) is 24.1 Å². The van der Waals surface area contributed by atoms with E-state index < -0.39 is 5.51 Å². The van der Waals surface area contributed by atoms with Crippen LogP contribution in [-0.4, -0.2) is 23.8 Å². The molecule has 1 aliphatic rings. The molecular weight excluding hydrogens is 299 g/mol. The van der Waals surface area contributed by atoms with Crippen LogP contribution in [0.15, 0.2) is 29.2 Å². The van der Waals surface area contributed by atoms with Gasteiger partial charge in [-0.2, -0.15) is 13.2 Å². The average Bonchev–Trinajstić information content (AvgIpc) is 2.35. The van der Waals surface area contributed by atoms with Gasteiger partial charge in [0.2, 0.25) is 0 Å². The quantitative estimate of drug-likeness (QED) is 0.834. The van der Waals surface area contributed by atoms with Crippen LogP contribution in [-0.2, 0) is 11.3 Å². The smallest absolute Gasteiger partial charge is 0.375 e. The molecular formula is C15H20F3NOS. The predicted octanol–water partition coefficient (Wildman–Crippen LogP) is 4.35. The lowest BCUT2D eigenvalue weighted by Gasteiger charge is -2.36. The number of benzene rings is 1. The SMILES string of the molecule is CC1(C)CC(NCc2ccc(SC(F)(F)F)cc2)CCO1. The summed E-state index contributed by atoms with van der Waals surface area (Å²) in [6, 6.07) is 6.90. The summed E-state index contributed by atoms with van der Waals surface area (Å²) in [4.78, 5) is 0.221. The van der Waals surface area contributed by atoms with E-state index in [9.17, 15) is 13.2 Å². The van der Waals surface area contributed by atoms with Gasteiger partial charge in [-0.05, 0) is 56.1 Å². The van der Waals surface area contributed by atoms with Crippen LogP contribution in [0.2, 0.25) is 0 Å². The van der Waals surface area contributed by atoms with Gasteiger partial charge in [-0.1, -0.05) is 12.1 Å². The molecule has 1 saturated heterocycles. The lowest BCUT2D eigenvalue weighted by atomic mass is 9.94. The number of hydrogen-bond acceptors (Lipinski definition) is 3. The van der Waals surface area contributed by atoms with Gasteiger partial charge in [-0.15, -0.1) is 0 Å². The van der Waals surface area contributed by atoms with Crippen LogP contribution in [0.1, 0.15) is 32.3 Å². The molecule has 1 unspecified atom stereocenters. The maximum Gasteiger partial charge on any atom is 0.446 e. The van der Waals surface area contributed by atoms with Crippen LogP contribution < -0.4 is 5.32 Å². The summed E-state index contributed by atoms with van der Waals surface area (Å²) in [7, 11) is 0. The fraction of sp³-hybridized carbons (Fsp3) is 0.600. The first-order valence-corrected chi connectivity index (χ1v) is 7.77. The second-order valence-corrected chi connectivity index (χ2v) is 7.01. The Morgan fingerprint density at radius 2 is 1.95 bits per heavy atom. The van der Waals surface area contributed by atoms with Gasteiger partial charge in [0.05, 0.1) is 5.60 Å². The summed E-state index contributed by atoms with van der Waals surface area (Å²) < 4.78 is 42.4. The summed E-state index contributed by atoms with van der Waals surface area (Å²) in [5.74, 6) is 0. The molecule has 1 heterocycles. The number of hydrogen-bond donors (Lipinski definition) is 1. The second-order valence-electron chi connectivity index (χ2n) is 5.87. The Bertz CT molecular complexity index is 459. The minimum absolute atomic E-state index is 0.0816. The Morgan fingerprint density at radius 1 is 1.29 bits per heavy atom. The molecule has 0 aliphatic carbocycles. The van der Waals surface area contributed by atoms with Crippen LogP contribution in [0, 0.1) is 0 Å². The first-order chi connectivity index (χ1) is 9.73. The van der Waals surface area contributed by atoms with Gasteiger partial charge in [0.1, 0.15) is 0 Å². The van der Waals surface area contributed by atoms with E-state index in [2.05, 4.69) is 19.2 Å². The highest BCUT2D eigenvalue weighted by Crippen LogP contribution is 2.36. The van der Waals surface area contributed by atoms with Crippen molar-refractivity contribution in [1.82, 2.24) is 5.32 Å². The molecule has 1 N–H and O–H groups in total. The van der Waals surface area contributed by atoms with Crippen molar-refractivity contribution in [3.63, 3.8) is 0 Å². The van der Waals surface area contributed by atoms with Crippen molar-refractivity contribution >= 4 is 11.8 Å². The summed E-state index contributed by atoms with van der Waals surface area (Å²) >= 11 is -0.0816. The highest BCUT2D eigenvalue weighted by molar-refractivity contribution is 8.00. The molecule has 0 amide bonds. The van der Waals surface area contributed by atoms with Gasteiger partial charge in [-0.3, -0.25) is 0 Å². The van der Waals surface area contributed by atoms with E-state index in [1.54, 1.807) is 12.1 Å². The van der Waals surface area contributed by atoms with E-state index in [-0.39, 0.29) is 22.3 Å². The molecule has 0 saturated carbocycles. The lowest BCUT2D eigenvalue weighted by molar-refractivity contribution is -0.0630. The summed E-state index contributed by atoms with van der Waals surface area (Å²) in [5.41, 5.74) is -3.35. The fourth-order valence-corrected chi connectivity index (χ4v) is 3.02. The van der Waals surface area contributed by atoms with Crippen LogP contribution in [0.3, 0.4) is 0 Å². The molecule has 0 radical (unpaired) electrons. The molecule has 118 valence electrons. The van der Waals surface area contributed by atoms with Gasteiger partial charge in [-0.25, -0.2) is 0 Å². The highest BCUT2D eigenvalue weighted by Gasteiger charge is 2.29. The molecule has 6 heteroatoms. The number of halogens is 3. The van der Waals surface area contributed by atoms with Crippen LogP contribution in [0.4, 0.5) is 13.2 Å². The van der Waals surface area contributed by atoms with Crippen LogP contribution >= 0.6 is 11.8 Å². The Morgan fingerprint density at radius 3 is 2.52 bits per heavy atom. The van der Waals surface area contributed by atoms with Crippen molar-refractivity contribution in [3.05, 3.63) is 29.8 Å². The number of rotatable bonds is 4. The summed E-state index contributed by atoms with van der Waals surface area (Å²) in [6.07, 6.45) is 1.90. The predicted molar refractivity (Wildman–Crippen MR) is 78.2 cm³/mol. The minimum Gasteiger partial charge on any atom is -0.375 e. The number of thioether (sulfide) groups is 1. The Kier molecular flexibility index (Phi) is 5.22. The minimum atomic E-state index is -4.23. The standard InChI is InChI=1S/C15H20F3NOS/c1-14(2)9-12(7-8-20-14)19-10-11-3-5-13(6-4-11)21-15(16,17)18/h3-6,12,19H,7-10H2,1-2H3. The van der Waals surface area contributed by atoms with Gasteiger partial charge >= 0.3 is 5.51 Å². The van der Waals surface area contributed by atoms with Gasteiger partial charge in [0.15, 0.2) is 0 Å². The third kappa shape index (κ3) is 5.88. The zero-order chi connectivity index (χ0) is 15.5. The molecule has 1 atom stereocenters. The highest BCUT2D eigenvalue weighted by atomic mass is 32.2. The number of alkyl halides is 3. The summed E-state index contributed by atoms with van der Waals surface area (Å²) in [6.45, 7) is 5.55. The number of ether oxygens (including phenoxy) is 1. The van der Waals surface area contributed by atoms with E-state index in [0.717, 1.165) is 25.0 Å². The average molecular weight is 319 g/mol. The zero-order valence-electron chi connectivity index (χ0n) is 12.2. The van der Waals surface area contributed by atoms with Crippen molar-refractivity contribution in [1.29, 1.82) is 0 Å². The third-order valence-corrected chi connectivity index (χ3v) is 4.19. The molecule has 1 aliphatic heterocycles. The molecule has 1 aromatic carbocycles. The maximum atomic E-state index is 12.2. The van der Waals surface area contributed by atoms with Crippen molar-refractivity contribution < 1.29 is 17.9 Å². The Labute approximate surface area is 127 Å². The monoisotopic (exact) mass is 319 g/mol. The maximum absolute atomic E-state index is 12.2. The Hall–Kier alpha value is -0.720.